The highest BCUT2D eigenvalue weighted by Gasteiger charge is 2.26. The fraction of sp³-hybridized carbons (Fsp3) is 0.500. The van der Waals surface area contributed by atoms with Gasteiger partial charge in [-0.05, 0) is 30.0 Å². The average Bonchev–Trinajstić information content (AvgIpc) is 2.30. The van der Waals surface area contributed by atoms with Crippen molar-refractivity contribution in [2.75, 3.05) is 5.33 Å². The topological polar surface area (TPSA) is 29.1 Å². The first-order valence-corrected chi connectivity index (χ1v) is 7.99. The molecule has 1 rings (SSSR count). The van der Waals surface area contributed by atoms with Gasteiger partial charge in [-0.15, -0.1) is 0 Å². The molecule has 0 aromatic heterocycles. The predicted molar refractivity (Wildman–Crippen MR) is 83.2 cm³/mol. The lowest BCUT2D eigenvalue weighted by molar-refractivity contribution is 0.0896. The van der Waals surface area contributed by atoms with Crippen LogP contribution in [0.5, 0.6) is 0 Å². The monoisotopic (exact) mass is 393 g/mol. The highest BCUT2D eigenvalue weighted by atomic mass is 79.9. The number of carbonyl (C=O) groups excluding carboxylic acids is 1. The van der Waals surface area contributed by atoms with Crippen LogP contribution < -0.4 is 5.32 Å². The van der Waals surface area contributed by atoms with Gasteiger partial charge in [-0.2, -0.15) is 0 Å². The maximum atomic E-state index is 13.7. The number of alkyl halides is 1. The molecule has 0 heterocycles. The van der Waals surface area contributed by atoms with E-state index in [0.717, 1.165) is 11.8 Å². The van der Waals surface area contributed by atoms with Crippen LogP contribution in [-0.4, -0.2) is 17.3 Å². The molecular formula is C14H18Br2FNO. The molecule has 0 bridgehead atoms. The Hall–Kier alpha value is -0.420. The van der Waals surface area contributed by atoms with Gasteiger partial charge >= 0.3 is 0 Å². The SMILES string of the molecule is CC(C)(C)C(CCBr)NC(=O)c1cc(Br)ccc1F. The Bertz CT molecular complexity index is 457. The molecule has 0 aliphatic rings. The summed E-state index contributed by atoms with van der Waals surface area (Å²) in [6, 6.07) is 4.35. The molecule has 0 fully saturated rings. The number of hydrogen-bond acceptors (Lipinski definition) is 1. The fourth-order valence-electron chi connectivity index (χ4n) is 1.74. The summed E-state index contributed by atoms with van der Waals surface area (Å²) in [7, 11) is 0. The first-order valence-electron chi connectivity index (χ1n) is 6.07. The van der Waals surface area contributed by atoms with Gasteiger partial charge in [0.1, 0.15) is 5.82 Å². The summed E-state index contributed by atoms with van der Waals surface area (Å²) in [5.41, 5.74) is -0.00969. The Kier molecular flexibility index (Phi) is 5.99. The molecule has 5 heteroatoms. The highest BCUT2D eigenvalue weighted by Crippen LogP contribution is 2.23. The number of hydrogen-bond donors (Lipinski definition) is 1. The van der Waals surface area contributed by atoms with Gasteiger partial charge in [-0.3, -0.25) is 4.79 Å². The van der Waals surface area contributed by atoms with Crippen LogP contribution in [-0.2, 0) is 0 Å². The third kappa shape index (κ3) is 4.88. The fourth-order valence-corrected chi connectivity index (χ4v) is 2.56. The zero-order valence-corrected chi connectivity index (χ0v) is 14.4. The van der Waals surface area contributed by atoms with Gasteiger partial charge in [0.2, 0.25) is 0 Å². The van der Waals surface area contributed by atoms with E-state index in [1.807, 2.05) is 0 Å². The zero-order valence-electron chi connectivity index (χ0n) is 11.3. The van der Waals surface area contributed by atoms with Crippen molar-refractivity contribution < 1.29 is 9.18 Å². The summed E-state index contributed by atoms with van der Waals surface area (Å²) in [6.45, 7) is 6.16. The summed E-state index contributed by atoms with van der Waals surface area (Å²) in [5, 5.41) is 3.70. The van der Waals surface area contributed by atoms with Gasteiger partial charge in [0, 0.05) is 15.8 Å². The molecule has 19 heavy (non-hydrogen) atoms. The quantitative estimate of drug-likeness (QED) is 0.747. The van der Waals surface area contributed by atoms with Crippen LogP contribution in [0.2, 0.25) is 0 Å². The lowest BCUT2D eigenvalue weighted by Gasteiger charge is -2.31. The maximum absolute atomic E-state index is 13.7. The first kappa shape index (κ1) is 16.6. The van der Waals surface area contributed by atoms with E-state index in [9.17, 15) is 9.18 Å². The smallest absolute Gasteiger partial charge is 0.254 e. The van der Waals surface area contributed by atoms with Gasteiger partial charge in [-0.25, -0.2) is 4.39 Å². The summed E-state index contributed by atoms with van der Waals surface area (Å²) in [6.07, 6.45) is 0.796. The minimum absolute atomic E-state index is 0.0160. The van der Waals surface area contributed by atoms with E-state index in [-0.39, 0.29) is 22.9 Å². The van der Waals surface area contributed by atoms with Crippen molar-refractivity contribution in [2.45, 2.75) is 33.2 Å². The molecule has 0 aliphatic heterocycles. The van der Waals surface area contributed by atoms with E-state index in [2.05, 4.69) is 57.9 Å². The number of carbonyl (C=O) groups is 1. The van der Waals surface area contributed by atoms with E-state index in [1.54, 1.807) is 6.07 Å². The Labute approximate surface area is 130 Å². The standard InChI is InChI=1S/C14H18Br2FNO/c1-14(2,3)12(6-7-15)18-13(19)10-8-9(16)4-5-11(10)17/h4-5,8,12H,6-7H2,1-3H3,(H,18,19). The van der Waals surface area contributed by atoms with E-state index in [4.69, 9.17) is 0 Å². The van der Waals surface area contributed by atoms with E-state index in [1.165, 1.54) is 12.1 Å². The second kappa shape index (κ2) is 6.84. The molecule has 0 saturated heterocycles. The van der Waals surface area contributed by atoms with Gasteiger partial charge in [0.25, 0.3) is 5.91 Å². The Morgan fingerprint density at radius 2 is 2.05 bits per heavy atom. The molecule has 1 aromatic rings. The zero-order chi connectivity index (χ0) is 14.6. The predicted octanol–water partition coefficient (Wildman–Crippen LogP) is 4.52. The first-order chi connectivity index (χ1) is 8.75. The van der Waals surface area contributed by atoms with E-state index >= 15 is 0 Å². The average molecular weight is 395 g/mol. The van der Waals surface area contributed by atoms with Gasteiger partial charge < -0.3 is 5.32 Å². The Balaban J connectivity index is 2.91. The van der Waals surface area contributed by atoms with Gasteiger partial charge in [0.05, 0.1) is 5.56 Å². The normalized spacial score (nSPS) is 13.2. The minimum Gasteiger partial charge on any atom is -0.349 e. The summed E-state index contributed by atoms with van der Waals surface area (Å²) in [5.74, 6) is -0.883. The van der Waals surface area contributed by atoms with Gasteiger partial charge in [-0.1, -0.05) is 52.6 Å². The Morgan fingerprint density at radius 3 is 2.58 bits per heavy atom. The molecule has 0 aliphatic carbocycles. The van der Waals surface area contributed by atoms with Crippen LogP contribution >= 0.6 is 31.9 Å². The van der Waals surface area contributed by atoms with Crippen molar-refractivity contribution in [1.82, 2.24) is 5.32 Å². The molecule has 106 valence electrons. The Morgan fingerprint density at radius 1 is 1.42 bits per heavy atom. The van der Waals surface area contributed by atoms with Crippen molar-refractivity contribution in [1.29, 1.82) is 0 Å². The number of amides is 1. The van der Waals surface area contributed by atoms with Gasteiger partial charge in [0.15, 0.2) is 0 Å². The molecule has 2 nitrogen and oxygen atoms in total. The summed E-state index contributed by atoms with van der Waals surface area (Å²) in [4.78, 5) is 12.2. The molecule has 0 radical (unpaired) electrons. The van der Waals surface area contributed by atoms with Crippen molar-refractivity contribution in [3.63, 3.8) is 0 Å². The third-order valence-corrected chi connectivity index (χ3v) is 3.87. The largest absolute Gasteiger partial charge is 0.349 e. The highest BCUT2D eigenvalue weighted by molar-refractivity contribution is 9.10. The summed E-state index contributed by atoms with van der Waals surface area (Å²) < 4.78 is 14.3. The van der Waals surface area contributed by atoms with Crippen molar-refractivity contribution in [2.24, 2.45) is 5.41 Å². The van der Waals surface area contributed by atoms with Crippen LogP contribution in [0.15, 0.2) is 22.7 Å². The minimum atomic E-state index is -0.507. The lowest BCUT2D eigenvalue weighted by atomic mass is 9.85. The molecule has 1 amide bonds. The number of rotatable bonds is 4. The lowest BCUT2D eigenvalue weighted by Crippen LogP contribution is -2.44. The number of halogens is 3. The molecule has 1 N–H and O–H groups in total. The van der Waals surface area contributed by atoms with Crippen molar-refractivity contribution >= 4 is 37.8 Å². The van der Waals surface area contributed by atoms with Crippen LogP contribution in [0.1, 0.15) is 37.6 Å². The van der Waals surface area contributed by atoms with Crippen molar-refractivity contribution in [3.05, 3.63) is 34.1 Å². The van der Waals surface area contributed by atoms with Crippen LogP contribution in [0, 0.1) is 11.2 Å². The molecule has 1 unspecified atom stereocenters. The molecule has 1 atom stereocenters. The number of benzene rings is 1. The maximum Gasteiger partial charge on any atom is 0.254 e. The van der Waals surface area contributed by atoms with Crippen molar-refractivity contribution in [3.8, 4) is 0 Å². The van der Waals surface area contributed by atoms with Crippen LogP contribution in [0.4, 0.5) is 4.39 Å². The van der Waals surface area contributed by atoms with E-state index in [0.29, 0.717) is 4.47 Å². The van der Waals surface area contributed by atoms with E-state index < -0.39 is 5.82 Å². The van der Waals surface area contributed by atoms with Crippen LogP contribution in [0.25, 0.3) is 0 Å². The second-order valence-electron chi connectivity index (χ2n) is 5.49. The van der Waals surface area contributed by atoms with Crippen LogP contribution in [0.3, 0.4) is 0 Å². The number of nitrogens with one attached hydrogen (secondary N) is 1. The molecule has 1 aromatic carbocycles. The molecule has 0 saturated carbocycles. The molecular weight excluding hydrogens is 377 g/mol. The summed E-state index contributed by atoms with van der Waals surface area (Å²) >= 11 is 6.63. The molecule has 0 spiro atoms. The third-order valence-electron chi connectivity index (χ3n) is 2.92. The second-order valence-corrected chi connectivity index (χ2v) is 7.20.